The van der Waals surface area contributed by atoms with Crippen molar-refractivity contribution in [3.63, 3.8) is 0 Å². The van der Waals surface area contributed by atoms with E-state index in [4.69, 9.17) is 0 Å². The van der Waals surface area contributed by atoms with Crippen molar-refractivity contribution in [3.05, 3.63) is 114 Å². The van der Waals surface area contributed by atoms with Crippen molar-refractivity contribution in [1.82, 2.24) is 10.3 Å². The summed E-state index contributed by atoms with van der Waals surface area (Å²) in [6, 6.07) is 30.1. The van der Waals surface area contributed by atoms with Crippen LogP contribution in [-0.4, -0.2) is 17.4 Å². The number of nitrogens with zero attached hydrogens (tertiary/aromatic N) is 1. The molecule has 0 aliphatic carbocycles. The summed E-state index contributed by atoms with van der Waals surface area (Å²) in [6.45, 7) is 2.66. The Labute approximate surface area is 165 Å². The smallest absolute Gasteiger partial charge is 0.253 e. The second kappa shape index (κ2) is 7.65. The average molecular weight is 366 g/mol. The zero-order valence-electron chi connectivity index (χ0n) is 15.8. The topological polar surface area (TPSA) is 42.0 Å². The van der Waals surface area contributed by atoms with Crippen LogP contribution in [0, 0.1) is 0 Å². The molecular formula is C25H22N2O. The zero-order valence-corrected chi connectivity index (χ0v) is 15.8. The van der Waals surface area contributed by atoms with Crippen molar-refractivity contribution in [3.8, 4) is 0 Å². The lowest BCUT2D eigenvalue weighted by atomic mass is 9.76. The molecule has 3 heteroatoms. The minimum atomic E-state index is -0.337. The van der Waals surface area contributed by atoms with Crippen molar-refractivity contribution >= 4 is 16.8 Å². The number of rotatable bonds is 5. The van der Waals surface area contributed by atoms with E-state index in [-0.39, 0.29) is 11.3 Å². The predicted octanol–water partition coefficient (Wildman–Crippen LogP) is 4.97. The highest BCUT2D eigenvalue weighted by Crippen LogP contribution is 2.31. The Balaban J connectivity index is 1.66. The van der Waals surface area contributed by atoms with Gasteiger partial charge in [-0.2, -0.15) is 0 Å². The molecule has 4 rings (SSSR count). The summed E-state index contributed by atoms with van der Waals surface area (Å²) in [5.41, 5.74) is 3.32. The second-order valence-electron chi connectivity index (χ2n) is 7.13. The molecule has 0 aliphatic rings. The molecule has 138 valence electrons. The largest absolute Gasteiger partial charge is 0.351 e. The van der Waals surface area contributed by atoms with E-state index < -0.39 is 0 Å². The standard InChI is InChI=1S/C25H22N2O/c1-25(20-12-4-2-5-13-20,21-14-6-3-7-15-21)18-27-24(28)22-16-8-10-19-11-9-17-26-23(19)22/h2-17H,18H2,1H3,(H,27,28). The minimum absolute atomic E-state index is 0.109. The molecule has 0 atom stereocenters. The van der Waals surface area contributed by atoms with Gasteiger partial charge < -0.3 is 5.32 Å². The molecule has 28 heavy (non-hydrogen) atoms. The van der Waals surface area contributed by atoms with Gasteiger partial charge in [0.15, 0.2) is 0 Å². The van der Waals surface area contributed by atoms with E-state index in [0.29, 0.717) is 12.1 Å². The van der Waals surface area contributed by atoms with Crippen LogP contribution in [-0.2, 0) is 5.41 Å². The fourth-order valence-corrected chi connectivity index (χ4v) is 3.62. The molecule has 0 unspecified atom stereocenters. The predicted molar refractivity (Wildman–Crippen MR) is 113 cm³/mol. The first-order chi connectivity index (χ1) is 13.7. The average Bonchev–Trinajstić information content (AvgIpc) is 2.78. The van der Waals surface area contributed by atoms with Crippen LogP contribution in [0.15, 0.2) is 97.2 Å². The van der Waals surface area contributed by atoms with E-state index in [9.17, 15) is 4.79 Å². The van der Waals surface area contributed by atoms with Crippen molar-refractivity contribution in [2.24, 2.45) is 0 Å². The van der Waals surface area contributed by atoms with Gasteiger partial charge >= 0.3 is 0 Å². The number of amides is 1. The highest BCUT2D eigenvalue weighted by Gasteiger charge is 2.29. The highest BCUT2D eigenvalue weighted by molar-refractivity contribution is 6.05. The SMILES string of the molecule is CC(CNC(=O)c1cccc2cccnc12)(c1ccccc1)c1ccccc1. The quantitative estimate of drug-likeness (QED) is 0.542. The molecule has 4 aromatic rings. The molecular weight excluding hydrogens is 344 g/mol. The molecule has 0 aliphatic heterocycles. The van der Waals surface area contributed by atoms with Gasteiger partial charge in [0.25, 0.3) is 5.91 Å². The van der Waals surface area contributed by atoms with Gasteiger partial charge in [-0.3, -0.25) is 9.78 Å². The van der Waals surface area contributed by atoms with Gasteiger partial charge in [0.1, 0.15) is 0 Å². The number of carbonyl (C=O) groups is 1. The molecule has 0 saturated heterocycles. The van der Waals surface area contributed by atoms with Crippen LogP contribution in [0.3, 0.4) is 0 Å². The Morgan fingerprint density at radius 2 is 1.43 bits per heavy atom. The van der Waals surface area contributed by atoms with Crippen molar-refractivity contribution in [2.75, 3.05) is 6.54 Å². The number of carbonyl (C=O) groups excluding carboxylic acids is 1. The van der Waals surface area contributed by atoms with Crippen LogP contribution in [0.25, 0.3) is 10.9 Å². The van der Waals surface area contributed by atoms with E-state index in [1.165, 1.54) is 0 Å². The Morgan fingerprint density at radius 1 is 0.821 bits per heavy atom. The Bertz CT molecular complexity index is 1050. The first-order valence-corrected chi connectivity index (χ1v) is 9.41. The molecule has 1 amide bonds. The van der Waals surface area contributed by atoms with Gasteiger partial charge in [-0.05, 0) is 30.2 Å². The molecule has 3 nitrogen and oxygen atoms in total. The molecule has 0 bridgehead atoms. The number of aromatic nitrogens is 1. The number of pyridine rings is 1. The molecule has 0 spiro atoms. The number of fused-ring (bicyclic) bond motifs is 1. The van der Waals surface area contributed by atoms with E-state index in [1.54, 1.807) is 6.20 Å². The molecule has 1 heterocycles. The Kier molecular flexibility index (Phi) is 4.90. The molecule has 1 aromatic heterocycles. The van der Waals surface area contributed by atoms with Crippen LogP contribution in [0.5, 0.6) is 0 Å². The molecule has 0 radical (unpaired) electrons. The number of nitrogens with one attached hydrogen (secondary N) is 1. The van der Waals surface area contributed by atoms with E-state index in [0.717, 1.165) is 22.0 Å². The van der Waals surface area contributed by atoms with E-state index in [1.807, 2.05) is 66.7 Å². The summed E-state index contributed by atoms with van der Waals surface area (Å²) in [7, 11) is 0. The maximum Gasteiger partial charge on any atom is 0.253 e. The third kappa shape index (κ3) is 3.39. The van der Waals surface area contributed by atoms with Crippen LogP contribution < -0.4 is 5.32 Å². The monoisotopic (exact) mass is 366 g/mol. The molecule has 0 saturated carbocycles. The first-order valence-electron chi connectivity index (χ1n) is 9.41. The summed E-state index contributed by atoms with van der Waals surface area (Å²) in [6.07, 6.45) is 1.72. The van der Waals surface area contributed by atoms with Gasteiger partial charge in [0.2, 0.25) is 0 Å². The van der Waals surface area contributed by atoms with Crippen LogP contribution >= 0.6 is 0 Å². The number of benzene rings is 3. The van der Waals surface area contributed by atoms with Crippen molar-refractivity contribution in [1.29, 1.82) is 0 Å². The molecule has 0 fully saturated rings. The van der Waals surface area contributed by atoms with Crippen LogP contribution in [0.2, 0.25) is 0 Å². The third-order valence-corrected chi connectivity index (χ3v) is 5.30. The molecule has 1 N–H and O–H groups in total. The van der Waals surface area contributed by atoms with E-state index in [2.05, 4.69) is 41.5 Å². The lowest BCUT2D eigenvalue weighted by Crippen LogP contribution is -2.39. The van der Waals surface area contributed by atoms with Gasteiger partial charge in [0, 0.05) is 23.5 Å². The highest BCUT2D eigenvalue weighted by atomic mass is 16.1. The zero-order chi connectivity index (χ0) is 19.4. The van der Waals surface area contributed by atoms with Crippen LogP contribution in [0.1, 0.15) is 28.4 Å². The van der Waals surface area contributed by atoms with Crippen LogP contribution in [0.4, 0.5) is 0 Å². The lowest BCUT2D eigenvalue weighted by Gasteiger charge is -2.31. The fraction of sp³-hybridized carbons (Fsp3) is 0.120. The summed E-state index contributed by atoms with van der Waals surface area (Å²) >= 11 is 0. The minimum Gasteiger partial charge on any atom is -0.351 e. The normalized spacial score (nSPS) is 11.3. The summed E-state index contributed by atoms with van der Waals surface area (Å²) < 4.78 is 0. The maximum atomic E-state index is 13.0. The van der Waals surface area contributed by atoms with Gasteiger partial charge in [0.05, 0.1) is 11.1 Å². The lowest BCUT2D eigenvalue weighted by molar-refractivity contribution is 0.0949. The van der Waals surface area contributed by atoms with Gasteiger partial charge in [-0.25, -0.2) is 0 Å². The number of para-hydroxylation sites is 1. The Hall–Kier alpha value is -3.46. The fourth-order valence-electron chi connectivity index (χ4n) is 3.62. The number of hydrogen-bond acceptors (Lipinski definition) is 2. The maximum absolute atomic E-state index is 13.0. The summed E-state index contributed by atoms with van der Waals surface area (Å²) in [5, 5.41) is 4.11. The first kappa shape index (κ1) is 17.9. The molecule has 3 aromatic carbocycles. The third-order valence-electron chi connectivity index (χ3n) is 5.30. The van der Waals surface area contributed by atoms with Crippen molar-refractivity contribution in [2.45, 2.75) is 12.3 Å². The summed E-state index contributed by atoms with van der Waals surface area (Å²) in [5.74, 6) is -0.109. The van der Waals surface area contributed by atoms with Gasteiger partial charge in [-0.1, -0.05) is 78.9 Å². The second-order valence-corrected chi connectivity index (χ2v) is 7.13. The summed E-state index contributed by atoms with van der Waals surface area (Å²) in [4.78, 5) is 17.4. The van der Waals surface area contributed by atoms with E-state index >= 15 is 0 Å². The van der Waals surface area contributed by atoms with Gasteiger partial charge in [-0.15, -0.1) is 0 Å². The van der Waals surface area contributed by atoms with Crippen molar-refractivity contribution < 1.29 is 4.79 Å². The number of hydrogen-bond donors (Lipinski definition) is 1. The Morgan fingerprint density at radius 3 is 2.07 bits per heavy atom.